The van der Waals surface area contributed by atoms with E-state index in [1.165, 1.54) is 19.2 Å². The average Bonchev–Trinajstić information content (AvgIpc) is 2.62. The molecule has 132 valence electrons. The van der Waals surface area contributed by atoms with E-state index < -0.39 is 11.8 Å². The Bertz CT molecular complexity index is 789. The standard InChI is InChI=1S/C18H20FN3O3/c1-25-18(24)13-7-4-11(8-14(13)19)16-17(20)21-9-15(22-16)10-2-5-12(23)6-3-10/h4,7-10,12,23H,2-3,5-6H2,1H3,(H2,20,21). The number of nitrogens with zero attached hydrogens (tertiary/aromatic N) is 2. The molecule has 2 aromatic rings. The van der Waals surface area contributed by atoms with Crippen LogP contribution in [0.4, 0.5) is 10.2 Å². The molecule has 3 N–H and O–H groups in total. The summed E-state index contributed by atoms with van der Waals surface area (Å²) in [5.74, 6) is -1.03. The summed E-state index contributed by atoms with van der Waals surface area (Å²) in [6.07, 6.45) is 4.50. The molecule has 6 nitrogen and oxygen atoms in total. The molecule has 0 bridgehead atoms. The van der Waals surface area contributed by atoms with Crippen LogP contribution in [0.1, 0.15) is 47.7 Å². The second kappa shape index (κ2) is 7.14. The number of carbonyl (C=O) groups excluding carboxylic acids is 1. The van der Waals surface area contributed by atoms with Gasteiger partial charge in [-0.1, -0.05) is 6.07 Å². The Morgan fingerprint density at radius 2 is 2.04 bits per heavy atom. The molecule has 1 heterocycles. The largest absolute Gasteiger partial charge is 0.465 e. The number of halogens is 1. The zero-order valence-corrected chi connectivity index (χ0v) is 13.9. The van der Waals surface area contributed by atoms with Crippen molar-refractivity contribution in [1.82, 2.24) is 9.97 Å². The van der Waals surface area contributed by atoms with E-state index in [1.54, 1.807) is 12.3 Å². The number of nitrogens with two attached hydrogens (primary N) is 1. The molecule has 0 atom stereocenters. The van der Waals surface area contributed by atoms with Crippen LogP contribution in [-0.4, -0.2) is 34.3 Å². The third-order valence-corrected chi connectivity index (χ3v) is 4.58. The van der Waals surface area contributed by atoms with Crippen LogP contribution in [0.15, 0.2) is 24.4 Å². The number of aromatic nitrogens is 2. The van der Waals surface area contributed by atoms with Crippen LogP contribution >= 0.6 is 0 Å². The second-order valence-electron chi connectivity index (χ2n) is 6.22. The highest BCUT2D eigenvalue weighted by Crippen LogP contribution is 2.33. The fraction of sp³-hybridized carbons (Fsp3) is 0.389. The molecule has 0 saturated heterocycles. The Labute approximate surface area is 144 Å². The average molecular weight is 345 g/mol. The summed E-state index contributed by atoms with van der Waals surface area (Å²) in [5.41, 5.74) is 7.40. The Morgan fingerprint density at radius 3 is 2.68 bits per heavy atom. The van der Waals surface area contributed by atoms with E-state index in [9.17, 15) is 14.3 Å². The molecule has 0 aliphatic heterocycles. The number of anilines is 1. The molecule has 1 fully saturated rings. The monoisotopic (exact) mass is 345 g/mol. The minimum absolute atomic E-state index is 0.143. The number of esters is 1. The first-order chi connectivity index (χ1) is 12.0. The van der Waals surface area contributed by atoms with Crippen molar-refractivity contribution in [2.45, 2.75) is 37.7 Å². The SMILES string of the molecule is COC(=O)c1ccc(-c2nc(C3CCC(O)CC3)cnc2N)cc1F. The maximum Gasteiger partial charge on any atom is 0.340 e. The predicted octanol–water partition coefficient (Wildman–Crippen LogP) is 2.67. The smallest absolute Gasteiger partial charge is 0.340 e. The number of ether oxygens (including phenoxy) is 1. The Hall–Kier alpha value is -2.54. The van der Waals surface area contributed by atoms with Gasteiger partial charge in [0.15, 0.2) is 0 Å². The summed E-state index contributed by atoms with van der Waals surface area (Å²) in [4.78, 5) is 20.3. The van der Waals surface area contributed by atoms with Crippen molar-refractivity contribution in [2.24, 2.45) is 0 Å². The van der Waals surface area contributed by atoms with Crippen molar-refractivity contribution < 1.29 is 19.0 Å². The molecule has 0 amide bonds. The Kier molecular flexibility index (Phi) is 4.94. The molecule has 7 heteroatoms. The van der Waals surface area contributed by atoms with Gasteiger partial charge < -0.3 is 15.6 Å². The zero-order valence-electron chi connectivity index (χ0n) is 13.9. The van der Waals surface area contributed by atoms with Crippen molar-refractivity contribution in [3.8, 4) is 11.3 Å². The molecule has 1 aliphatic rings. The van der Waals surface area contributed by atoms with E-state index in [0.29, 0.717) is 11.3 Å². The number of methoxy groups -OCH3 is 1. The number of rotatable bonds is 3. The number of nitrogen functional groups attached to an aromatic ring is 1. The van der Waals surface area contributed by atoms with E-state index in [1.807, 2.05) is 0 Å². The highest BCUT2D eigenvalue weighted by Gasteiger charge is 2.23. The molecule has 0 spiro atoms. The highest BCUT2D eigenvalue weighted by atomic mass is 19.1. The molecule has 1 aromatic carbocycles. The van der Waals surface area contributed by atoms with Crippen LogP contribution in [0.2, 0.25) is 0 Å². The van der Waals surface area contributed by atoms with Gasteiger partial charge in [0.05, 0.1) is 30.7 Å². The van der Waals surface area contributed by atoms with E-state index in [2.05, 4.69) is 14.7 Å². The van der Waals surface area contributed by atoms with Crippen molar-refractivity contribution in [3.05, 3.63) is 41.5 Å². The first kappa shape index (κ1) is 17.3. The van der Waals surface area contributed by atoms with Crippen LogP contribution in [0.25, 0.3) is 11.3 Å². The minimum atomic E-state index is -0.738. The fourth-order valence-electron chi connectivity index (χ4n) is 3.13. The molecule has 0 unspecified atom stereocenters. The van der Waals surface area contributed by atoms with Crippen LogP contribution in [0, 0.1) is 5.82 Å². The van der Waals surface area contributed by atoms with E-state index >= 15 is 0 Å². The van der Waals surface area contributed by atoms with E-state index in [0.717, 1.165) is 31.4 Å². The number of aliphatic hydroxyl groups excluding tert-OH is 1. The van der Waals surface area contributed by atoms with Gasteiger partial charge in [-0.15, -0.1) is 0 Å². The third-order valence-electron chi connectivity index (χ3n) is 4.58. The Balaban J connectivity index is 1.93. The topological polar surface area (TPSA) is 98.3 Å². The maximum absolute atomic E-state index is 14.2. The van der Waals surface area contributed by atoms with Gasteiger partial charge in [0.2, 0.25) is 0 Å². The zero-order chi connectivity index (χ0) is 18.0. The normalized spacial score (nSPS) is 20.3. The van der Waals surface area contributed by atoms with Crippen LogP contribution in [-0.2, 0) is 4.74 Å². The maximum atomic E-state index is 14.2. The predicted molar refractivity (Wildman–Crippen MR) is 90.4 cm³/mol. The molecule has 0 radical (unpaired) electrons. The lowest BCUT2D eigenvalue weighted by atomic mass is 9.85. The van der Waals surface area contributed by atoms with Gasteiger partial charge in [-0.05, 0) is 37.8 Å². The van der Waals surface area contributed by atoms with Gasteiger partial charge >= 0.3 is 5.97 Å². The van der Waals surface area contributed by atoms with Gasteiger partial charge in [0, 0.05) is 11.5 Å². The quantitative estimate of drug-likeness (QED) is 0.830. The van der Waals surface area contributed by atoms with Gasteiger partial charge in [-0.25, -0.2) is 19.2 Å². The summed E-state index contributed by atoms with van der Waals surface area (Å²) in [6, 6.07) is 4.13. The van der Waals surface area contributed by atoms with Crippen LogP contribution < -0.4 is 5.73 Å². The van der Waals surface area contributed by atoms with Gasteiger partial charge in [-0.3, -0.25) is 0 Å². The van der Waals surface area contributed by atoms with Crippen molar-refractivity contribution in [3.63, 3.8) is 0 Å². The lowest BCUT2D eigenvalue weighted by Gasteiger charge is -2.25. The number of benzene rings is 1. The van der Waals surface area contributed by atoms with E-state index in [-0.39, 0.29) is 23.4 Å². The number of hydrogen-bond donors (Lipinski definition) is 2. The molecule has 1 saturated carbocycles. The first-order valence-electron chi connectivity index (χ1n) is 8.18. The van der Waals surface area contributed by atoms with Gasteiger partial charge in [0.1, 0.15) is 17.3 Å². The lowest BCUT2D eigenvalue weighted by molar-refractivity contribution is 0.0595. The molecular weight excluding hydrogens is 325 g/mol. The van der Waals surface area contributed by atoms with E-state index in [4.69, 9.17) is 5.73 Å². The van der Waals surface area contributed by atoms with Crippen LogP contribution in [0.5, 0.6) is 0 Å². The number of carbonyl (C=O) groups is 1. The summed E-state index contributed by atoms with van der Waals surface area (Å²) >= 11 is 0. The molecule has 25 heavy (non-hydrogen) atoms. The highest BCUT2D eigenvalue weighted by molar-refractivity contribution is 5.90. The summed E-state index contributed by atoms with van der Waals surface area (Å²) in [6.45, 7) is 0. The minimum Gasteiger partial charge on any atom is -0.465 e. The third kappa shape index (κ3) is 3.61. The fourth-order valence-corrected chi connectivity index (χ4v) is 3.13. The van der Waals surface area contributed by atoms with Crippen molar-refractivity contribution in [2.75, 3.05) is 12.8 Å². The molecular formula is C18H20FN3O3. The van der Waals surface area contributed by atoms with Crippen molar-refractivity contribution in [1.29, 1.82) is 0 Å². The number of hydrogen-bond acceptors (Lipinski definition) is 6. The summed E-state index contributed by atoms with van der Waals surface area (Å²) in [5, 5.41) is 9.64. The molecule has 1 aromatic heterocycles. The summed E-state index contributed by atoms with van der Waals surface area (Å²) in [7, 11) is 1.20. The number of aliphatic hydroxyl groups is 1. The summed E-state index contributed by atoms with van der Waals surface area (Å²) < 4.78 is 18.7. The van der Waals surface area contributed by atoms with Crippen LogP contribution in [0.3, 0.4) is 0 Å². The molecule has 1 aliphatic carbocycles. The lowest BCUT2D eigenvalue weighted by Crippen LogP contribution is -2.18. The second-order valence-corrected chi connectivity index (χ2v) is 6.22. The molecule has 3 rings (SSSR count). The van der Waals surface area contributed by atoms with Crippen molar-refractivity contribution >= 4 is 11.8 Å². The first-order valence-corrected chi connectivity index (χ1v) is 8.18. The van der Waals surface area contributed by atoms with Gasteiger partial charge in [-0.2, -0.15) is 0 Å². The Morgan fingerprint density at radius 1 is 1.32 bits per heavy atom. The van der Waals surface area contributed by atoms with Gasteiger partial charge in [0.25, 0.3) is 0 Å².